The van der Waals surface area contributed by atoms with Gasteiger partial charge in [0.1, 0.15) is 5.75 Å². The van der Waals surface area contributed by atoms with Gasteiger partial charge in [0.05, 0.1) is 6.61 Å². The molecule has 1 fully saturated rings. The molecule has 0 aliphatic heterocycles. The van der Waals surface area contributed by atoms with Gasteiger partial charge in [-0.2, -0.15) is 0 Å². The molecule has 134 valence electrons. The summed E-state index contributed by atoms with van der Waals surface area (Å²) >= 11 is 0. The van der Waals surface area contributed by atoms with Gasteiger partial charge in [-0.25, -0.2) is 0 Å². The van der Waals surface area contributed by atoms with E-state index < -0.39 is 0 Å². The van der Waals surface area contributed by atoms with Gasteiger partial charge in [0.25, 0.3) is 0 Å². The summed E-state index contributed by atoms with van der Waals surface area (Å²) < 4.78 is 5.67. The average Bonchev–Trinajstić information content (AvgIpc) is 3.40. The topological polar surface area (TPSA) is 45.6 Å². The Hall–Kier alpha value is -1.76. The lowest BCUT2D eigenvalue weighted by molar-refractivity contribution is 0.336. The molecular formula is C20H26IN3O. The molecule has 1 aliphatic carbocycles. The monoisotopic (exact) mass is 451 g/mol. The van der Waals surface area contributed by atoms with Gasteiger partial charge in [-0.1, -0.05) is 48.5 Å². The predicted molar refractivity (Wildman–Crippen MR) is 114 cm³/mol. The van der Waals surface area contributed by atoms with E-state index in [9.17, 15) is 0 Å². The SMILES string of the molecule is CCOc1ccccc1CNC(=NC)NC1CC1c1ccccc1.I. The largest absolute Gasteiger partial charge is 0.494 e. The third kappa shape index (κ3) is 5.36. The van der Waals surface area contributed by atoms with E-state index in [0.29, 0.717) is 25.1 Å². The van der Waals surface area contributed by atoms with Crippen molar-refractivity contribution in [1.29, 1.82) is 0 Å². The zero-order chi connectivity index (χ0) is 16.8. The summed E-state index contributed by atoms with van der Waals surface area (Å²) in [5.41, 5.74) is 2.53. The van der Waals surface area contributed by atoms with Crippen molar-refractivity contribution in [2.75, 3.05) is 13.7 Å². The molecule has 4 nitrogen and oxygen atoms in total. The summed E-state index contributed by atoms with van der Waals surface area (Å²) in [4.78, 5) is 4.34. The van der Waals surface area contributed by atoms with Gasteiger partial charge in [-0.05, 0) is 25.0 Å². The molecule has 1 aliphatic rings. The zero-order valence-corrected chi connectivity index (χ0v) is 17.1. The third-order valence-electron chi connectivity index (χ3n) is 4.28. The first-order valence-corrected chi connectivity index (χ1v) is 8.54. The van der Waals surface area contributed by atoms with E-state index in [4.69, 9.17) is 4.74 Å². The van der Waals surface area contributed by atoms with Crippen LogP contribution >= 0.6 is 24.0 Å². The fourth-order valence-electron chi connectivity index (χ4n) is 2.92. The maximum absolute atomic E-state index is 5.67. The average molecular weight is 451 g/mol. The molecule has 2 N–H and O–H groups in total. The van der Waals surface area contributed by atoms with Gasteiger partial charge in [-0.15, -0.1) is 24.0 Å². The second-order valence-corrected chi connectivity index (χ2v) is 5.97. The minimum Gasteiger partial charge on any atom is -0.494 e. The van der Waals surface area contributed by atoms with E-state index in [1.165, 1.54) is 5.56 Å². The number of hydrogen-bond acceptors (Lipinski definition) is 2. The molecule has 5 heteroatoms. The Bertz CT molecular complexity index is 690. The maximum atomic E-state index is 5.67. The van der Waals surface area contributed by atoms with E-state index in [1.807, 2.05) is 32.2 Å². The molecule has 2 aromatic carbocycles. The van der Waals surface area contributed by atoms with E-state index in [0.717, 1.165) is 23.7 Å². The molecule has 0 amide bonds. The number of hydrogen-bond donors (Lipinski definition) is 2. The highest BCUT2D eigenvalue weighted by atomic mass is 127. The number of rotatable bonds is 6. The Morgan fingerprint density at radius 1 is 1.12 bits per heavy atom. The molecule has 25 heavy (non-hydrogen) atoms. The van der Waals surface area contributed by atoms with Crippen molar-refractivity contribution in [1.82, 2.24) is 10.6 Å². The van der Waals surface area contributed by atoms with Crippen molar-refractivity contribution in [3.8, 4) is 5.75 Å². The van der Waals surface area contributed by atoms with Gasteiger partial charge in [0, 0.05) is 31.1 Å². The number of para-hydroxylation sites is 1. The summed E-state index contributed by atoms with van der Waals surface area (Å²) in [6.07, 6.45) is 1.15. The minimum absolute atomic E-state index is 0. The second kappa shape index (κ2) is 9.65. The van der Waals surface area contributed by atoms with Crippen LogP contribution in [0.1, 0.15) is 30.4 Å². The van der Waals surface area contributed by atoms with Crippen molar-refractivity contribution >= 4 is 29.9 Å². The minimum atomic E-state index is 0. The Morgan fingerprint density at radius 3 is 2.56 bits per heavy atom. The lowest BCUT2D eigenvalue weighted by Crippen LogP contribution is -2.38. The summed E-state index contributed by atoms with van der Waals surface area (Å²) in [6.45, 7) is 3.37. The van der Waals surface area contributed by atoms with Gasteiger partial charge in [0.2, 0.25) is 0 Å². The lowest BCUT2D eigenvalue weighted by Gasteiger charge is -2.14. The second-order valence-electron chi connectivity index (χ2n) is 5.97. The zero-order valence-electron chi connectivity index (χ0n) is 14.7. The number of benzene rings is 2. The molecule has 0 aromatic heterocycles. The van der Waals surface area contributed by atoms with Crippen LogP contribution in [0.3, 0.4) is 0 Å². The van der Waals surface area contributed by atoms with Crippen molar-refractivity contribution < 1.29 is 4.74 Å². The standard InChI is InChI=1S/C20H25N3O.HI/c1-3-24-19-12-8-7-11-16(19)14-22-20(21-2)23-18-13-17(18)15-9-5-4-6-10-15;/h4-12,17-18H,3,13-14H2,1-2H3,(H2,21,22,23);1H. The number of nitrogens with one attached hydrogen (secondary N) is 2. The maximum Gasteiger partial charge on any atom is 0.191 e. The van der Waals surface area contributed by atoms with E-state index in [2.05, 4.69) is 52.0 Å². The Labute approximate surface area is 167 Å². The number of guanidine groups is 1. The van der Waals surface area contributed by atoms with Crippen LogP contribution < -0.4 is 15.4 Å². The Kier molecular flexibility index (Phi) is 7.55. The first-order chi connectivity index (χ1) is 11.8. The Balaban J connectivity index is 0.00000225. The number of halogens is 1. The molecule has 2 aromatic rings. The normalized spacial score (nSPS) is 18.9. The van der Waals surface area contributed by atoms with E-state index >= 15 is 0 Å². The Morgan fingerprint density at radius 2 is 1.84 bits per heavy atom. The van der Waals surface area contributed by atoms with Gasteiger partial charge in [-0.3, -0.25) is 4.99 Å². The van der Waals surface area contributed by atoms with Crippen LogP contribution in [0.5, 0.6) is 5.75 Å². The molecule has 3 rings (SSSR count). The fourth-order valence-corrected chi connectivity index (χ4v) is 2.92. The molecule has 2 atom stereocenters. The van der Waals surface area contributed by atoms with Crippen LogP contribution in [0.4, 0.5) is 0 Å². The van der Waals surface area contributed by atoms with Crippen LogP contribution in [-0.2, 0) is 6.54 Å². The molecule has 0 heterocycles. The van der Waals surface area contributed by atoms with Crippen molar-refractivity contribution in [3.63, 3.8) is 0 Å². The van der Waals surface area contributed by atoms with E-state index in [1.54, 1.807) is 0 Å². The van der Waals surface area contributed by atoms with Crippen molar-refractivity contribution in [3.05, 3.63) is 65.7 Å². The van der Waals surface area contributed by atoms with Crippen molar-refractivity contribution in [2.45, 2.75) is 31.8 Å². The number of ether oxygens (including phenoxy) is 1. The van der Waals surface area contributed by atoms with Gasteiger partial charge >= 0.3 is 0 Å². The summed E-state index contributed by atoms with van der Waals surface area (Å²) in [5.74, 6) is 2.35. The van der Waals surface area contributed by atoms with Crippen LogP contribution in [0.15, 0.2) is 59.6 Å². The molecular weight excluding hydrogens is 425 g/mol. The van der Waals surface area contributed by atoms with Crippen LogP contribution in [-0.4, -0.2) is 25.7 Å². The van der Waals surface area contributed by atoms with Crippen LogP contribution in [0.25, 0.3) is 0 Å². The molecule has 0 radical (unpaired) electrons. The number of nitrogens with zero attached hydrogens (tertiary/aromatic N) is 1. The molecule has 0 spiro atoms. The molecule has 0 bridgehead atoms. The van der Waals surface area contributed by atoms with Crippen LogP contribution in [0.2, 0.25) is 0 Å². The molecule has 1 saturated carbocycles. The predicted octanol–water partition coefficient (Wildman–Crippen LogP) is 3.92. The van der Waals surface area contributed by atoms with Gasteiger partial charge < -0.3 is 15.4 Å². The number of aliphatic imine (C=N–C) groups is 1. The summed E-state index contributed by atoms with van der Waals surface area (Å²) in [7, 11) is 1.81. The highest BCUT2D eigenvalue weighted by Crippen LogP contribution is 2.40. The first-order valence-electron chi connectivity index (χ1n) is 8.54. The lowest BCUT2D eigenvalue weighted by atomic mass is 10.1. The van der Waals surface area contributed by atoms with Crippen LogP contribution in [0, 0.1) is 0 Å². The molecule has 2 unspecified atom stereocenters. The quantitative estimate of drug-likeness (QED) is 0.398. The summed E-state index contributed by atoms with van der Waals surface area (Å²) in [5, 5.41) is 6.90. The molecule has 0 saturated heterocycles. The fraction of sp³-hybridized carbons (Fsp3) is 0.350. The van der Waals surface area contributed by atoms with Crippen molar-refractivity contribution in [2.24, 2.45) is 4.99 Å². The highest BCUT2D eigenvalue weighted by Gasteiger charge is 2.38. The summed E-state index contributed by atoms with van der Waals surface area (Å²) in [6, 6.07) is 19.2. The highest BCUT2D eigenvalue weighted by molar-refractivity contribution is 14.0. The smallest absolute Gasteiger partial charge is 0.191 e. The van der Waals surface area contributed by atoms with Gasteiger partial charge in [0.15, 0.2) is 5.96 Å². The third-order valence-corrected chi connectivity index (χ3v) is 4.28. The van der Waals surface area contributed by atoms with E-state index in [-0.39, 0.29) is 24.0 Å². The first kappa shape index (κ1) is 19.6.